The van der Waals surface area contributed by atoms with Crippen molar-refractivity contribution in [3.05, 3.63) is 51.2 Å². The van der Waals surface area contributed by atoms with Crippen LogP contribution in [0.15, 0.2) is 35.7 Å². The number of aryl methyl sites for hydroxylation is 1. The second-order valence-corrected chi connectivity index (χ2v) is 8.02. The summed E-state index contributed by atoms with van der Waals surface area (Å²) in [7, 11) is 0. The van der Waals surface area contributed by atoms with Crippen LogP contribution >= 0.6 is 23.6 Å². The molecular formula is C18H21N7OS2. The number of para-hydroxylation sites is 1. The van der Waals surface area contributed by atoms with E-state index in [1.54, 1.807) is 20.7 Å². The number of hydrogen-bond donors (Lipinski definition) is 0. The molecule has 0 radical (unpaired) electrons. The topological polar surface area (TPSA) is 72.1 Å². The molecule has 0 N–H and O–H groups in total. The number of carbonyl (C=O) groups is 1. The first-order valence-electron chi connectivity index (χ1n) is 9.09. The van der Waals surface area contributed by atoms with E-state index in [0.717, 1.165) is 29.5 Å². The fourth-order valence-electron chi connectivity index (χ4n) is 3.15. The summed E-state index contributed by atoms with van der Waals surface area (Å²) in [5.74, 6) is 0.139. The van der Waals surface area contributed by atoms with Crippen molar-refractivity contribution in [3.8, 4) is 5.69 Å². The third-order valence-electron chi connectivity index (χ3n) is 4.67. The van der Waals surface area contributed by atoms with Crippen LogP contribution in [0.2, 0.25) is 0 Å². The van der Waals surface area contributed by atoms with Gasteiger partial charge in [0.1, 0.15) is 5.01 Å². The number of nitrogens with zero attached hydrogens (tertiary/aromatic N) is 7. The van der Waals surface area contributed by atoms with Gasteiger partial charge in [-0.05, 0) is 41.7 Å². The van der Waals surface area contributed by atoms with Gasteiger partial charge in [0, 0.05) is 37.3 Å². The van der Waals surface area contributed by atoms with Gasteiger partial charge in [0.25, 0.3) is 0 Å². The Morgan fingerprint density at radius 1 is 1.14 bits per heavy atom. The molecule has 0 bridgehead atoms. The molecule has 8 nitrogen and oxygen atoms in total. The van der Waals surface area contributed by atoms with Gasteiger partial charge in [-0.1, -0.05) is 18.2 Å². The fraction of sp³-hybridized carbons (Fsp3) is 0.389. The molecule has 4 rings (SSSR count). The van der Waals surface area contributed by atoms with Gasteiger partial charge in [0.2, 0.25) is 10.7 Å². The molecule has 1 fully saturated rings. The van der Waals surface area contributed by atoms with Gasteiger partial charge in [0.15, 0.2) is 0 Å². The number of aromatic nitrogens is 5. The number of piperazine rings is 1. The molecule has 0 unspecified atom stereocenters. The minimum absolute atomic E-state index is 0.139. The molecule has 0 atom stereocenters. The molecule has 0 saturated carbocycles. The zero-order chi connectivity index (χ0) is 19.5. The van der Waals surface area contributed by atoms with Crippen LogP contribution in [0.5, 0.6) is 0 Å². The molecule has 3 aromatic rings. The number of thiazole rings is 1. The number of rotatable bonds is 5. The minimum atomic E-state index is 0.139. The van der Waals surface area contributed by atoms with Gasteiger partial charge in [-0.15, -0.1) is 11.3 Å². The summed E-state index contributed by atoms with van der Waals surface area (Å²) in [6, 6.07) is 9.74. The number of benzene rings is 1. The SMILES string of the molecule is Cc1csc(CC(=O)N2CCN(Cn3nnn(-c4ccccc4)c3=S)CC2)n1. The highest BCUT2D eigenvalue weighted by molar-refractivity contribution is 7.71. The first-order valence-corrected chi connectivity index (χ1v) is 10.4. The van der Waals surface area contributed by atoms with Crippen LogP contribution < -0.4 is 0 Å². The van der Waals surface area contributed by atoms with E-state index in [4.69, 9.17) is 12.2 Å². The number of carbonyl (C=O) groups excluding carboxylic acids is 1. The molecule has 2 aromatic heterocycles. The van der Waals surface area contributed by atoms with E-state index in [-0.39, 0.29) is 5.91 Å². The van der Waals surface area contributed by atoms with E-state index < -0.39 is 0 Å². The van der Waals surface area contributed by atoms with Crippen molar-refractivity contribution < 1.29 is 4.79 Å². The van der Waals surface area contributed by atoms with E-state index in [2.05, 4.69) is 20.3 Å². The van der Waals surface area contributed by atoms with Crippen molar-refractivity contribution in [2.24, 2.45) is 0 Å². The van der Waals surface area contributed by atoms with Crippen LogP contribution in [0.3, 0.4) is 0 Å². The lowest BCUT2D eigenvalue weighted by molar-refractivity contribution is -0.132. The third kappa shape index (κ3) is 4.18. The second-order valence-electron chi connectivity index (χ2n) is 6.71. The Morgan fingerprint density at radius 3 is 2.57 bits per heavy atom. The maximum absolute atomic E-state index is 12.5. The first-order chi connectivity index (χ1) is 13.6. The van der Waals surface area contributed by atoms with Gasteiger partial charge in [-0.2, -0.15) is 4.68 Å². The molecule has 1 aliphatic rings. The Morgan fingerprint density at radius 2 is 1.89 bits per heavy atom. The van der Waals surface area contributed by atoms with E-state index in [1.165, 1.54) is 0 Å². The van der Waals surface area contributed by atoms with Crippen LogP contribution in [0.4, 0.5) is 0 Å². The predicted octanol–water partition coefficient (Wildman–Crippen LogP) is 1.91. The summed E-state index contributed by atoms with van der Waals surface area (Å²) in [5.41, 5.74) is 1.87. The van der Waals surface area contributed by atoms with Gasteiger partial charge < -0.3 is 4.90 Å². The van der Waals surface area contributed by atoms with Crippen molar-refractivity contribution in [2.45, 2.75) is 20.0 Å². The largest absolute Gasteiger partial charge is 0.340 e. The van der Waals surface area contributed by atoms with E-state index in [0.29, 0.717) is 31.0 Å². The van der Waals surface area contributed by atoms with Crippen LogP contribution in [-0.2, 0) is 17.9 Å². The van der Waals surface area contributed by atoms with Crippen molar-refractivity contribution >= 4 is 29.5 Å². The van der Waals surface area contributed by atoms with Crippen LogP contribution in [-0.4, -0.2) is 66.7 Å². The van der Waals surface area contributed by atoms with E-state index in [1.807, 2.05) is 47.5 Å². The smallest absolute Gasteiger partial charge is 0.229 e. The number of hydrogen-bond acceptors (Lipinski definition) is 7. The molecule has 1 aromatic carbocycles. The maximum Gasteiger partial charge on any atom is 0.229 e. The van der Waals surface area contributed by atoms with Gasteiger partial charge in [0.05, 0.1) is 18.8 Å². The number of amides is 1. The Bertz CT molecular complexity index is 1000. The third-order valence-corrected chi connectivity index (χ3v) is 6.02. The lowest BCUT2D eigenvalue weighted by atomic mass is 10.3. The first kappa shape index (κ1) is 18.9. The summed E-state index contributed by atoms with van der Waals surface area (Å²) < 4.78 is 3.94. The number of tetrazole rings is 1. The molecule has 1 aliphatic heterocycles. The molecule has 3 heterocycles. The lowest BCUT2D eigenvalue weighted by Gasteiger charge is -2.34. The summed E-state index contributed by atoms with van der Waals surface area (Å²) in [6.45, 7) is 5.47. The van der Waals surface area contributed by atoms with E-state index in [9.17, 15) is 4.79 Å². The predicted molar refractivity (Wildman–Crippen MR) is 109 cm³/mol. The molecular weight excluding hydrogens is 394 g/mol. The zero-order valence-corrected chi connectivity index (χ0v) is 17.2. The second kappa shape index (κ2) is 8.29. The molecule has 28 heavy (non-hydrogen) atoms. The molecule has 10 heteroatoms. The molecule has 1 amide bonds. The van der Waals surface area contributed by atoms with E-state index >= 15 is 0 Å². The molecule has 1 saturated heterocycles. The van der Waals surface area contributed by atoms with Gasteiger partial charge >= 0.3 is 0 Å². The van der Waals surface area contributed by atoms with Crippen molar-refractivity contribution in [2.75, 3.05) is 26.2 Å². The van der Waals surface area contributed by atoms with Crippen molar-refractivity contribution in [3.63, 3.8) is 0 Å². The molecule has 0 spiro atoms. The van der Waals surface area contributed by atoms with Crippen LogP contribution in [0, 0.1) is 11.7 Å². The summed E-state index contributed by atoms with van der Waals surface area (Å²) in [5, 5.41) is 11.2. The Labute approximate surface area is 172 Å². The highest BCUT2D eigenvalue weighted by Gasteiger charge is 2.22. The van der Waals surface area contributed by atoms with Crippen LogP contribution in [0.25, 0.3) is 5.69 Å². The Hall–Kier alpha value is -2.43. The zero-order valence-electron chi connectivity index (χ0n) is 15.6. The highest BCUT2D eigenvalue weighted by atomic mass is 32.1. The standard InChI is InChI=1S/C18H21N7OS2/c1-14-12-28-16(19-14)11-17(26)23-9-7-22(8-10-23)13-24-18(27)25(21-20-24)15-5-3-2-4-6-15/h2-6,12H,7-11,13H2,1H3. The monoisotopic (exact) mass is 415 g/mol. The normalized spacial score (nSPS) is 15.1. The van der Waals surface area contributed by atoms with Gasteiger partial charge in [-0.3, -0.25) is 9.69 Å². The van der Waals surface area contributed by atoms with Crippen LogP contribution in [0.1, 0.15) is 10.7 Å². The van der Waals surface area contributed by atoms with Crippen molar-refractivity contribution in [1.29, 1.82) is 0 Å². The molecule has 0 aliphatic carbocycles. The highest BCUT2D eigenvalue weighted by Crippen LogP contribution is 2.12. The minimum Gasteiger partial charge on any atom is -0.340 e. The lowest BCUT2D eigenvalue weighted by Crippen LogP contribution is -2.49. The molecule has 146 valence electrons. The maximum atomic E-state index is 12.5. The van der Waals surface area contributed by atoms with Gasteiger partial charge in [-0.25, -0.2) is 9.67 Å². The quantitative estimate of drug-likeness (QED) is 0.593. The Kier molecular flexibility index (Phi) is 5.60. The average molecular weight is 416 g/mol. The summed E-state index contributed by atoms with van der Waals surface area (Å²) >= 11 is 7.06. The summed E-state index contributed by atoms with van der Waals surface area (Å²) in [4.78, 5) is 21.0. The summed E-state index contributed by atoms with van der Waals surface area (Å²) in [6.07, 6.45) is 0.384. The average Bonchev–Trinajstić information content (AvgIpc) is 3.28. The fourth-order valence-corrected chi connectivity index (χ4v) is 4.15. The van der Waals surface area contributed by atoms with Crippen molar-refractivity contribution in [1.82, 2.24) is 34.6 Å². The Balaban J connectivity index is 1.33.